The molecule has 0 atom stereocenters. The first-order valence-corrected chi connectivity index (χ1v) is 9.84. The van der Waals surface area contributed by atoms with E-state index in [2.05, 4.69) is 63.7 Å². The number of aromatic nitrogens is 3. The topological polar surface area (TPSA) is 84.7 Å². The van der Waals surface area contributed by atoms with E-state index < -0.39 is 5.91 Å². The second kappa shape index (κ2) is 7.78. The van der Waals surface area contributed by atoms with Crippen molar-refractivity contribution in [3.05, 3.63) is 93.6 Å². The minimum absolute atomic E-state index is 0.417. The van der Waals surface area contributed by atoms with E-state index in [1.807, 2.05) is 19.1 Å². The highest BCUT2D eigenvalue weighted by Crippen LogP contribution is 2.29. The maximum absolute atomic E-state index is 11.5. The first-order valence-electron chi connectivity index (χ1n) is 9.02. The summed E-state index contributed by atoms with van der Waals surface area (Å²) in [6.45, 7) is 1.87. The predicted molar refractivity (Wildman–Crippen MR) is 111 cm³/mol. The molecule has 2 heterocycles. The van der Waals surface area contributed by atoms with Gasteiger partial charge in [0.1, 0.15) is 5.82 Å². The second-order valence-corrected chi connectivity index (χ2v) is 7.80. The van der Waals surface area contributed by atoms with Gasteiger partial charge in [0.15, 0.2) is 5.82 Å². The van der Waals surface area contributed by atoms with E-state index in [4.69, 9.17) is 5.73 Å². The normalized spacial score (nSPS) is 10.9. The van der Waals surface area contributed by atoms with Crippen LogP contribution < -0.4 is 5.73 Å². The zero-order chi connectivity index (χ0) is 19.5. The van der Waals surface area contributed by atoms with E-state index in [-0.39, 0.29) is 0 Å². The molecule has 1 amide bonds. The number of primary amides is 1. The summed E-state index contributed by atoms with van der Waals surface area (Å²) in [7, 11) is 0. The van der Waals surface area contributed by atoms with E-state index in [1.54, 1.807) is 0 Å². The van der Waals surface area contributed by atoms with Crippen molar-refractivity contribution in [3.8, 4) is 10.7 Å². The summed E-state index contributed by atoms with van der Waals surface area (Å²) in [5.41, 5.74) is 10.00. The molecular formula is C22H20N4OS. The van der Waals surface area contributed by atoms with Crippen molar-refractivity contribution in [2.24, 2.45) is 5.73 Å². The monoisotopic (exact) mass is 388 g/mol. The lowest BCUT2D eigenvalue weighted by Crippen LogP contribution is -2.09. The Morgan fingerprint density at radius 2 is 1.71 bits per heavy atom. The Hall–Kier alpha value is -3.25. The Morgan fingerprint density at radius 3 is 2.43 bits per heavy atom. The summed E-state index contributed by atoms with van der Waals surface area (Å²) in [4.78, 5) is 17.4. The largest absolute Gasteiger partial charge is 0.365 e. The van der Waals surface area contributed by atoms with Crippen LogP contribution in [0.4, 0.5) is 0 Å². The first-order chi connectivity index (χ1) is 13.6. The zero-order valence-electron chi connectivity index (χ0n) is 15.5. The van der Waals surface area contributed by atoms with Crippen LogP contribution in [0.1, 0.15) is 37.7 Å². The molecule has 0 aliphatic heterocycles. The maximum Gasteiger partial charge on any atom is 0.259 e. The third kappa shape index (κ3) is 4.02. The van der Waals surface area contributed by atoms with Gasteiger partial charge in [-0.25, -0.2) is 4.98 Å². The van der Waals surface area contributed by atoms with Gasteiger partial charge in [0.25, 0.3) is 5.91 Å². The number of rotatable bonds is 6. The number of H-pyrrole nitrogens is 1. The minimum Gasteiger partial charge on any atom is -0.365 e. The number of amides is 1. The number of hydrogen-bond acceptors (Lipinski definition) is 4. The molecular weight excluding hydrogens is 368 g/mol. The van der Waals surface area contributed by atoms with Gasteiger partial charge >= 0.3 is 0 Å². The van der Waals surface area contributed by atoms with Crippen LogP contribution in [0.3, 0.4) is 0 Å². The fourth-order valence-corrected chi connectivity index (χ4v) is 4.15. The van der Waals surface area contributed by atoms with Crippen molar-refractivity contribution >= 4 is 17.2 Å². The molecule has 2 aromatic carbocycles. The highest BCUT2D eigenvalue weighted by molar-refractivity contribution is 7.17. The van der Waals surface area contributed by atoms with Crippen molar-refractivity contribution < 1.29 is 4.79 Å². The van der Waals surface area contributed by atoms with Gasteiger partial charge < -0.3 is 5.73 Å². The molecule has 0 saturated carbocycles. The fourth-order valence-electron chi connectivity index (χ4n) is 3.20. The summed E-state index contributed by atoms with van der Waals surface area (Å²) in [5, 5.41) is 7.32. The van der Waals surface area contributed by atoms with Crippen LogP contribution in [0.2, 0.25) is 0 Å². The average Bonchev–Trinajstić information content (AvgIpc) is 3.29. The molecule has 4 aromatic rings. The third-order valence-electron chi connectivity index (χ3n) is 4.51. The van der Waals surface area contributed by atoms with Gasteiger partial charge in [-0.2, -0.15) is 5.10 Å². The molecule has 140 valence electrons. The van der Waals surface area contributed by atoms with Crippen LogP contribution in [0.25, 0.3) is 10.7 Å². The van der Waals surface area contributed by atoms with Crippen LogP contribution in [-0.4, -0.2) is 21.1 Å². The lowest BCUT2D eigenvalue weighted by molar-refractivity contribution is 0.100. The Kier molecular flexibility index (Phi) is 5.04. The van der Waals surface area contributed by atoms with E-state index in [0.717, 1.165) is 22.7 Å². The van der Waals surface area contributed by atoms with Gasteiger partial charge in [-0.3, -0.25) is 9.89 Å². The summed E-state index contributed by atoms with van der Waals surface area (Å²) in [6.07, 6.45) is 1.57. The number of nitrogens with two attached hydrogens (primary N) is 1. The standard InChI is InChI=1S/C22H20N4OS/c1-14-10-18(28-20(14)21(23)27)22-24-19(25-26-22)13-17-9-5-8-16(12-17)11-15-6-3-2-4-7-15/h2-10,12H,11,13H2,1H3,(H2,23,27)(H,24,25,26). The first kappa shape index (κ1) is 18.1. The SMILES string of the molecule is Cc1cc(-c2n[nH]c(Cc3cccc(Cc4ccccc4)c3)n2)sc1C(N)=O. The molecule has 28 heavy (non-hydrogen) atoms. The van der Waals surface area contributed by atoms with Crippen molar-refractivity contribution in [2.45, 2.75) is 19.8 Å². The van der Waals surface area contributed by atoms with E-state index in [1.165, 1.54) is 28.0 Å². The number of thiophene rings is 1. The van der Waals surface area contributed by atoms with Crippen LogP contribution >= 0.6 is 11.3 Å². The van der Waals surface area contributed by atoms with E-state index in [9.17, 15) is 4.79 Å². The molecule has 6 heteroatoms. The molecule has 2 aromatic heterocycles. The van der Waals surface area contributed by atoms with Crippen molar-refractivity contribution in [1.29, 1.82) is 0 Å². The van der Waals surface area contributed by atoms with Crippen molar-refractivity contribution in [2.75, 3.05) is 0 Å². The van der Waals surface area contributed by atoms with Gasteiger partial charge in [-0.1, -0.05) is 54.6 Å². The Labute approximate surface area is 167 Å². The quantitative estimate of drug-likeness (QED) is 0.521. The minimum atomic E-state index is -0.417. The van der Waals surface area contributed by atoms with E-state index in [0.29, 0.717) is 17.1 Å². The smallest absolute Gasteiger partial charge is 0.259 e. The summed E-state index contributed by atoms with van der Waals surface area (Å²) >= 11 is 1.32. The molecule has 0 saturated heterocycles. The summed E-state index contributed by atoms with van der Waals surface area (Å²) in [5.74, 6) is 0.967. The van der Waals surface area contributed by atoms with Gasteiger partial charge in [0, 0.05) is 6.42 Å². The van der Waals surface area contributed by atoms with Gasteiger partial charge in [-0.15, -0.1) is 11.3 Å². The number of carbonyl (C=O) groups is 1. The number of benzene rings is 2. The summed E-state index contributed by atoms with van der Waals surface area (Å²) in [6, 6.07) is 20.8. The molecule has 4 rings (SSSR count). The highest BCUT2D eigenvalue weighted by atomic mass is 32.1. The number of aryl methyl sites for hydroxylation is 1. The molecule has 5 nitrogen and oxygen atoms in total. The summed E-state index contributed by atoms with van der Waals surface area (Å²) < 4.78 is 0. The number of aromatic amines is 1. The van der Waals surface area contributed by atoms with Crippen molar-refractivity contribution in [3.63, 3.8) is 0 Å². The maximum atomic E-state index is 11.5. The number of hydrogen-bond donors (Lipinski definition) is 2. The predicted octanol–water partition coefficient (Wildman–Crippen LogP) is 4.12. The lowest BCUT2D eigenvalue weighted by Gasteiger charge is -2.04. The van der Waals surface area contributed by atoms with Gasteiger partial charge in [-0.05, 0) is 41.7 Å². The molecule has 3 N–H and O–H groups in total. The third-order valence-corrected chi connectivity index (χ3v) is 5.76. The number of carbonyl (C=O) groups excluding carboxylic acids is 1. The van der Waals surface area contributed by atoms with Crippen molar-refractivity contribution in [1.82, 2.24) is 15.2 Å². The highest BCUT2D eigenvalue weighted by Gasteiger charge is 2.15. The van der Waals surface area contributed by atoms with Crippen LogP contribution in [0.15, 0.2) is 60.7 Å². The van der Waals surface area contributed by atoms with Gasteiger partial charge in [0.05, 0.1) is 9.75 Å². The molecule has 0 radical (unpaired) electrons. The zero-order valence-corrected chi connectivity index (χ0v) is 16.3. The van der Waals surface area contributed by atoms with Crippen LogP contribution in [-0.2, 0) is 12.8 Å². The number of nitrogens with zero attached hydrogens (tertiary/aromatic N) is 2. The van der Waals surface area contributed by atoms with E-state index >= 15 is 0 Å². The van der Waals surface area contributed by atoms with Crippen LogP contribution in [0.5, 0.6) is 0 Å². The Balaban J connectivity index is 1.50. The average molecular weight is 388 g/mol. The molecule has 0 unspecified atom stereocenters. The second-order valence-electron chi connectivity index (χ2n) is 6.75. The molecule has 0 bridgehead atoms. The Morgan fingerprint density at radius 1 is 1.00 bits per heavy atom. The molecule has 0 fully saturated rings. The molecule has 0 spiro atoms. The Bertz CT molecular complexity index is 1110. The van der Waals surface area contributed by atoms with Gasteiger partial charge in [0.2, 0.25) is 0 Å². The number of nitrogens with one attached hydrogen (secondary N) is 1. The lowest BCUT2D eigenvalue weighted by atomic mass is 10.0. The fraction of sp³-hybridized carbons (Fsp3) is 0.136. The molecule has 0 aliphatic rings. The molecule has 0 aliphatic carbocycles. The van der Waals surface area contributed by atoms with Crippen LogP contribution in [0, 0.1) is 6.92 Å².